The van der Waals surface area contributed by atoms with Crippen LogP contribution in [0.2, 0.25) is 0 Å². The molecule has 0 saturated heterocycles. The molecule has 0 unspecified atom stereocenters. The van der Waals surface area contributed by atoms with E-state index in [0.29, 0.717) is 24.2 Å². The molecule has 0 bridgehead atoms. The third-order valence-corrected chi connectivity index (χ3v) is 6.26. The summed E-state index contributed by atoms with van der Waals surface area (Å²) in [6.45, 7) is 7.13. The summed E-state index contributed by atoms with van der Waals surface area (Å²) in [5.74, 6) is 0.506. The van der Waals surface area contributed by atoms with Crippen LogP contribution in [0.1, 0.15) is 72.1 Å². The van der Waals surface area contributed by atoms with Gasteiger partial charge in [-0.25, -0.2) is 0 Å². The molecule has 1 rings (SSSR count). The maximum absolute atomic E-state index is 11.3. The van der Waals surface area contributed by atoms with Crippen LogP contribution in [0, 0.1) is 16.7 Å². The number of hydrogen-bond acceptors (Lipinski definition) is 5. The number of ether oxygens (including phenoxy) is 1. The summed E-state index contributed by atoms with van der Waals surface area (Å²) >= 11 is 0. The van der Waals surface area contributed by atoms with Gasteiger partial charge in [0.1, 0.15) is 0 Å². The topological polar surface area (TPSA) is 69.7 Å². The third kappa shape index (κ3) is 8.67. The van der Waals surface area contributed by atoms with Gasteiger partial charge in [-0.15, -0.1) is 0 Å². The van der Waals surface area contributed by atoms with Crippen LogP contribution in [0.3, 0.4) is 0 Å². The first-order chi connectivity index (χ1) is 12.0. The normalized spacial score (nSPS) is 24.7. The number of allylic oxidation sites excluding steroid dienone is 2. The number of esters is 1. The lowest BCUT2D eigenvalue weighted by Crippen LogP contribution is -2.33. The van der Waals surface area contributed by atoms with Crippen LogP contribution >= 0.6 is 0 Å². The number of methoxy groups -OCH3 is 1. The molecule has 0 radical (unpaired) electrons. The van der Waals surface area contributed by atoms with Crippen molar-refractivity contribution in [2.24, 2.45) is 16.7 Å². The summed E-state index contributed by atoms with van der Waals surface area (Å²) in [7, 11) is -2.00. The second-order valence-corrected chi connectivity index (χ2v) is 10.4. The van der Waals surface area contributed by atoms with Gasteiger partial charge >= 0.3 is 5.97 Å². The molecule has 0 N–H and O–H groups in total. The van der Waals surface area contributed by atoms with Crippen molar-refractivity contribution in [1.82, 2.24) is 0 Å². The van der Waals surface area contributed by atoms with E-state index in [0.717, 1.165) is 31.9 Å². The van der Waals surface area contributed by atoms with E-state index in [9.17, 15) is 13.2 Å². The Morgan fingerprint density at radius 2 is 1.81 bits per heavy atom. The quantitative estimate of drug-likeness (QED) is 0.331. The van der Waals surface area contributed by atoms with Gasteiger partial charge in [0.2, 0.25) is 0 Å². The van der Waals surface area contributed by atoms with Crippen molar-refractivity contribution >= 4 is 16.1 Å². The second kappa shape index (κ2) is 9.88. The Balaban J connectivity index is 2.64. The number of carbonyl (C=O) groups excluding carboxylic acids is 1. The molecule has 1 saturated carbocycles. The molecule has 1 fully saturated rings. The number of hydrogen-bond donors (Lipinski definition) is 0. The summed E-state index contributed by atoms with van der Waals surface area (Å²) in [5.41, 5.74) is 0.403. The largest absolute Gasteiger partial charge is 0.469 e. The molecule has 5 nitrogen and oxygen atoms in total. The molecule has 6 heteroatoms. The van der Waals surface area contributed by atoms with E-state index in [1.54, 1.807) is 0 Å². The zero-order chi connectivity index (χ0) is 19.8. The van der Waals surface area contributed by atoms with Crippen molar-refractivity contribution in [2.75, 3.05) is 20.0 Å². The van der Waals surface area contributed by atoms with E-state index in [1.807, 2.05) is 6.08 Å². The van der Waals surface area contributed by atoms with Gasteiger partial charge in [-0.3, -0.25) is 8.98 Å². The molecule has 152 valence electrons. The third-order valence-electron chi connectivity index (χ3n) is 5.66. The highest BCUT2D eigenvalue weighted by atomic mass is 32.2. The van der Waals surface area contributed by atoms with Crippen molar-refractivity contribution in [1.29, 1.82) is 0 Å². The minimum absolute atomic E-state index is 0.0915. The van der Waals surface area contributed by atoms with Crippen LogP contribution in [0.15, 0.2) is 12.2 Å². The maximum Gasteiger partial charge on any atom is 0.305 e. The van der Waals surface area contributed by atoms with E-state index >= 15 is 0 Å². The first-order valence-electron chi connectivity index (χ1n) is 9.54. The lowest BCUT2D eigenvalue weighted by molar-refractivity contribution is -0.140. The monoisotopic (exact) mass is 388 g/mol. The smallest absolute Gasteiger partial charge is 0.305 e. The molecular formula is C20H36O5S. The van der Waals surface area contributed by atoms with Gasteiger partial charge < -0.3 is 4.74 Å². The fourth-order valence-electron chi connectivity index (χ4n) is 3.82. The molecule has 0 aromatic rings. The average molecular weight is 389 g/mol. The fourth-order valence-corrected chi connectivity index (χ4v) is 4.20. The SMILES string of the molecule is COC(=O)CC/C=C\CC1(CCOS(C)(=O)=O)CCC(C(C)(C)C)CC1. The fraction of sp³-hybridized carbons (Fsp3) is 0.850. The van der Waals surface area contributed by atoms with Crippen molar-refractivity contribution in [3.63, 3.8) is 0 Å². The standard InChI is InChI=1S/C20H36O5S/c1-19(2,3)17-10-13-20(14-11-17,15-16-25-26(5,22)23)12-8-6-7-9-18(21)24-4/h6,8,17H,7,9-16H2,1-5H3/b8-6-. The molecule has 0 aliphatic heterocycles. The lowest BCUT2D eigenvalue weighted by Gasteiger charge is -2.44. The molecule has 0 heterocycles. The average Bonchev–Trinajstić information content (AvgIpc) is 2.52. The Morgan fingerprint density at radius 3 is 2.31 bits per heavy atom. The number of carbonyl (C=O) groups is 1. The number of rotatable bonds is 9. The van der Waals surface area contributed by atoms with Gasteiger partial charge in [-0.2, -0.15) is 8.42 Å². The summed E-state index contributed by atoms with van der Waals surface area (Å²) in [6, 6.07) is 0. The molecule has 0 amide bonds. The Kier molecular flexibility index (Phi) is 8.80. The Bertz CT molecular complexity index is 563. The highest BCUT2D eigenvalue weighted by Gasteiger charge is 2.37. The Labute approximate surface area is 159 Å². The molecule has 0 aromatic heterocycles. The van der Waals surface area contributed by atoms with E-state index in [1.165, 1.54) is 20.0 Å². The van der Waals surface area contributed by atoms with Gasteiger partial charge in [0.15, 0.2) is 0 Å². The van der Waals surface area contributed by atoms with Crippen LogP contribution in [0.5, 0.6) is 0 Å². The van der Waals surface area contributed by atoms with Crippen LogP contribution in [0.25, 0.3) is 0 Å². The molecule has 0 atom stereocenters. The summed E-state index contributed by atoms with van der Waals surface area (Å²) in [6.07, 6.45) is 12.5. The van der Waals surface area contributed by atoms with Crippen molar-refractivity contribution in [3.05, 3.63) is 12.2 Å². The Hall–Kier alpha value is -0.880. The minimum Gasteiger partial charge on any atom is -0.469 e. The maximum atomic E-state index is 11.3. The predicted octanol–water partition coefficient (Wildman–Crippen LogP) is 4.47. The summed E-state index contributed by atoms with van der Waals surface area (Å²) < 4.78 is 32.2. The van der Waals surface area contributed by atoms with Gasteiger partial charge in [0.05, 0.1) is 20.0 Å². The molecule has 1 aliphatic rings. The molecule has 26 heavy (non-hydrogen) atoms. The minimum atomic E-state index is -3.40. The van der Waals surface area contributed by atoms with E-state index in [4.69, 9.17) is 4.18 Å². The summed E-state index contributed by atoms with van der Waals surface area (Å²) in [4.78, 5) is 11.2. The van der Waals surface area contributed by atoms with Crippen LogP contribution in [-0.2, 0) is 23.8 Å². The Morgan fingerprint density at radius 1 is 1.19 bits per heavy atom. The van der Waals surface area contributed by atoms with Crippen LogP contribution in [-0.4, -0.2) is 34.4 Å². The molecular weight excluding hydrogens is 352 g/mol. The van der Waals surface area contributed by atoms with Gasteiger partial charge in [-0.05, 0) is 61.7 Å². The predicted molar refractivity (Wildman–Crippen MR) is 104 cm³/mol. The zero-order valence-electron chi connectivity index (χ0n) is 17.0. The van der Waals surface area contributed by atoms with Crippen molar-refractivity contribution < 1.29 is 22.1 Å². The van der Waals surface area contributed by atoms with E-state index < -0.39 is 10.1 Å². The van der Waals surface area contributed by atoms with Crippen molar-refractivity contribution in [3.8, 4) is 0 Å². The van der Waals surface area contributed by atoms with Crippen LogP contribution < -0.4 is 0 Å². The first kappa shape index (κ1) is 23.2. The van der Waals surface area contributed by atoms with Gasteiger partial charge in [0, 0.05) is 6.42 Å². The van der Waals surface area contributed by atoms with Gasteiger partial charge in [-0.1, -0.05) is 32.9 Å². The summed E-state index contributed by atoms with van der Waals surface area (Å²) in [5, 5.41) is 0. The van der Waals surface area contributed by atoms with Crippen LogP contribution in [0.4, 0.5) is 0 Å². The lowest BCUT2D eigenvalue weighted by atomic mass is 9.62. The molecule has 0 spiro atoms. The highest BCUT2D eigenvalue weighted by Crippen LogP contribution is 2.49. The first-order valence-corrected chi connectivity index (χ1v) is 11.4. The second-order valence-electron chi connectivity index (χ2n) is 8.71. The molecule has 1 aliphatic carbocycles. The molecule has 0 aromatic carbocycles. The van der Waals surface area contributed by atoms with E-state index in [2.05, 4.69) is 31.6 Å². The van der Waals surface area contributed by atoms with Gasteiger partial charge in [0.25, 0.3) is 10.1 Å². The van der Waals surface area contributed by atoms with E-state index in [-0.39, 0.29) is 18.0 Å². The van der Waals surface area contributed by atoms with Crippen molar-refractivity contribution in [2.45, 2.75) is 72.1 Å². The highest BCUT2D eigenvalue weighted by molar-refractivity contribution is 7.85. The zero-order valence-corrected chi connectivity index (χ0v) is 17.9.